The minimum Gasteiger partial charge on any atom is -0.391 e. The van der Waals surface area contributed by atoms with Gasteiger partial charge in [0.25, 0.3) is 0 Å². The van der Waals surface area contributed by atoms with Crippen LogP contribution >= 0.6 is 7.82 Å². The highest BCUT2D eigenvalue weighted by Gasteiger charge is 2.28. The summed E-state index contributed by atoms with van der Waals surface area (Å²) < 4.78 is 23.8. The zero-order chi connectivity index (χ0) is 50.6. The first kappa shape index (κ1) is 68.2. The number of aliphatic hydroxyl groups excluding tert-OH is 1. The van der Waals surface area contributed by atoms with Crippen LogP contribution in [0.3, 0.4) is 0 Å². The van der Waals surface area contributed by atoms with Gasteiger partial charge in [0.05, 0.1) is 39.9 Å². The Bertz CT molecular complexity index is 1130. The molecule has 3 N–H and O–H groups in total. The zero-order valence-corrected chi connectivity index (χ0v) is 48.0. The number of phosphoric ester groups is 1. The number of nitrogens with zero attached hydrogens (tertiary/aromatic N) is 1. The molecule has 0 rings (SSSR count). The van der Waals surface area contributed by atoms with Crippen molar-refractivity contribution in [2.45, 2.75) is 328 Å². The molecule has 9 heteroatoms. The van der Waals surface area contributed by atoms with E-state index in [1.807, 2.05) is 21.1 Å². The highest BCUT2D eigenvalue weighted by Crippen LogP contribution is 2.43. The number of aliphatic hydroxyl groups is 1. The lowest BCUT2D eigenvalue weighted by atomic mass is 10.0. The third kappa shape index (κ3) is 54.8. The lowest BCUT2D eigenvalue weighted by Crippen LogP contribution is -2.46. The number of rotatable bonds is 57. The van der Waals surface area contributed by atoms with Crippen LogP contribution in [0.1, 0.15) is 316 Å². The van der Waals surface area contributed by atoms with E-state index in [1.165, 1.54) is 250 Å². The Labute approximate surface area is 431 Å². The van der Waals surface area contributed by atoms with Crippen molar-refractivity contribution >= 4 is 13.7 Å². The summed E-state index contributed by atoms with van der Waals surface area (Å²) >= 11 is 0. The Morgan fingerprint density at radius 1 is 0.478 bits per heavy atom. The fourth-order valence-corrected chi connectivity index (χ4v) is 10.2. The van der Waals surface area contributed by atoms with E-state index in [9.17, 15) is 19.4 Å². The summed E-state index contributed by atoms with van der Waals surface area (Å²) in [6, 6.07) is -0.760. The average molecular weight is 999 g/mol. The molecule has 1 amide bonds. The Kier molecular flexibility index (Phi) is 51.5. The van der Waals surface area contributed by atoms with Gasteiger partial charge in [-0.05, 0) is 38.5 Å². The van der Waals surface area contributed by atoms with E-state index < -0.39 is 20.0 Å². The van der Waals surface area contributed by atoms with E-state index in [-0.39, 0.29) is 19.1 Å². The van der Waals surface area contributed by atoms with Crippen molar-refractivity contribution in [2.24, 2.45) is 0 Å². The van der Waals surface area contributed by atoms with Gasteiger partial charge in [0.2, 0.25) is 5.91 Å². The number of hydrogen-bond donors (Lipinski definition) is 3. The molecule has 8 nitrogen and oxygen atoms in total. The first-order valence-electron chi connectivity index (χ1n) is 30.6. The van der Waals surface area contributed by atoms with Crippen LogP contribution in [0.5, 0.6) is 0 Å². The topological polar surface area (TPSA) is 105 Å². The zero-order valence-electron chi connectivity index (χ0n) is 47.1. The molecule has 0 fully saturated rings. The van der Waals surface area contributed by atoms with E-state index in [0.29, 0.717) is 23.9 Å². The summed E-state index contributed by atoms with van der Waals surface area (Å²) in [4.78, 5) is 23.3. The molecule has 0 aliphatic carbocycles. The predicted octanol–water partition coefficient (Wildman–Crippen LogP) is 18.6. The molecule has 0 aliphatic heterocycles. The van der Waals surface area contributed by atoms with E-state index >= 15 is 0 Å². The summed E-state index contributed by atoms with van der Waals surface area (Å²) in [5.74, 6) is -0.141. The van der Waals surface area contributed by atoms with Gasteiger partial charge >= 0.3 is 7.82 Å². The van der Waals surface area contributed by atoms with Crippen molar-refractivity contribution in [3.63, 3.8) is 0 Å². The number of likely N-dealkylation sites (N-methyl/N-ethyl adjacent to an activating group) is 1. The molecule has 0 aromatic carbocycles. The van der Waals surface area contributed by atoms with Crippen LogP contribution < -0.4 is 5.32 Å². The molecule has 0 radical (unpaired) electrons. The van der Waals surface area contributed by atoms with Crippen molar-refractivity contribution in [1.82, 2.24) is 5.32 Å². The molecule has 0 saturated carbocycles. The van der Waals surface area contributed by atoms with Gasteiger partial charge in [-0.15, -0.1) is 0 Å². The lowest BCUT2D eigenvalue weighted by molar-refractivity contribution is -0.870. The van der Waals surface area contributed by atoms with Crippen molar-refractivity contribution in [2.75, 3.05) is 40.9 Å². The number of hydrogen-bond acceptors (Lipinski definition) is 5. The summed E-state index contributed by atoms with van der Waals surface area (Å²) in [7, 11) is 1.63. The van der Waals surface area contributed by atoms with Crippen LogP contribution in [0.4, 0.5) is 0 Å². The molecule has 0 spiro atoms. The predicted molar refractivity (Wildman–Crippen MR) is 300 cm³/mol. The molecule has 69 heavy (non-hydrogen) atoms. The SMILES string of the molecule is CCCCCCCC/C=C\CCCCCCCCCCCC(=O)NC(COP(=O)(O)OCC[N+](C)(C)C)C(O)CCCCCCCCCCCCCCCCCCCCCCCCCCCCCC. The fourth-order valence-electron chi connectivity index (χ4n) is 9.46. The van der Waals surface area contributed by atoms with Gasteiger partial charge < -0.3 is 19.8 Å². The van der Waals surface area contributed by atoms with Gasteiger partial charge in [-0.2, -0.15) is 0 Å². The number of carbonyl (C=O) groups excluding carboxylic acids is 1. The number of unbranched alkanes of at least 4 members (excludes halogenated alkanes) is 42. The summed E-state index contributed by atoms with van der Waals surface area (Å²) in [5.41, 5.74) is 0. The van der Waals surface area contributed by atoms with Crippen LogP contribution in [-0.2, 0) is 18.4 Å². The van der Waals surface area contributed by atoms with Crippen molar-refractivity contribution in [3.05, 3.63) is 12.2 Å². The Morgan fingerprint density at radius 3 is 1.12 bits per heavy atom. The van der Waals surface area contributed by atoms with Crippen LogP contribution in [0.15, 0.2) is 12.2 Å². The number of nitrogens with one attached hydrogen (secondary N) is 1. The number of amides is 1. The largest absolute Gasteiger partial charge is 0.472 e. The Balaban J connectivity index is 4.08. The molecule has 3 unspecified atom stereocenters. The number of quaternary nitrogens is 1. The van der Waals surface area contributed by atoms with Crippen LogP contribution in [0.2, 0.25) is 0 Å². The number of carbonyl (C=O) groups is 1. The van der Waals surface area contributed by atoms with Crippen LogP contribution in [0, 0.1) is 0 Å². The molecular formula is C60H122N2O6P+. The molecular weight excluding hydrogens is 876 g/mol. The van der Waals surface area contributed by atoms with Gasteiger partial charge in [-0.3, -0.25) is 13.8 Å². The number of phosphoric acid groups is 1. The first-order chi connectivity index (χ1) is 33.5. The first-order valence-corrected chi connectivity index (χ1v) is 32.0. The maximum absolute atomic E-state index is 13.0. The minimum atomic E-state index is -4.32. The van der Waals surface area contributed by atoms with Gasteiger partial charge in [0, 0.05) is 6.42 Å². The molecule has 0 bridgehead atoms. The monoisotopic (exact) mass is 998 g/mol. The standard InChI is InChI=1S/C60H121N2O6P/c1-6-8-10-12-14-16-18-20-22-24-26-27-28-29-30-31-32-33-34-36-37-39-41-43-45-47-49-51-53-59(63)58(57-68-69(65,66)67-56-55-62(3,4)5)61-60(64)54-52-50-48-46-44-42-40-38-35-25-23-21-19-17-15-13-11-9-7-2/h21,23,58-59,63H,6-20,22,24-57H2,1-5H3,(H-,61,64,65,66)/p+1/b23-21-. The quantitative estimate of drug-likeness (QED) is 0.0243. The third-order valence-corrected chi connectivity index (χ3v) is 15.2. The lowest BCUT2D eigenvalue weighted by Gasteiger charge is -2.26. The smallest absolute Gasteiger partial charge is 0.391 e. The van der Waals surface area contributed by atoms with E-state index in [4.69, 9.17) is 9.05 Å². The van der Waals surface area contributed by atoms with Gasteiger partial charge in [0.1, 0.15) is 13.2 Å². The van der Waals surface area contributed by atoms with Crippen molar-refractivity contribution < 1.29 is 32.9 Å². The molecule has 0 aromatic rings. The second-order valence-corrected chi connectivity index (χ2v) is 23.9. The highest BCUT2D eigenvalue weighted by atomic mass is 31.2. The van der Waals surface area contributed by atoms with Gasteiger partial charge in [-0.1, -0.05) is 283 Å². The third-order valence-electron chi connectivity index (χ3n) is 14.3. The molecule has 0 saturated heterocycles. The minimum absolute atomic E-state index is 0.0769. The molecule has 0 heterocycles. The Hall–Kier alpha value is -0.760. The van der Waals surface area contributed by atoms with Gasteiger partial charge in [0.15, 0.2) is 0 Å². The van der Waals surface area contributed by atoms with E-state index in [2.05, 4.69) is 31.3 Å². The maximum atomic E-state index is 13.0. The summed E-state index contributed by atoms with van der Waals surface area (Å²) in [5, 5.41) is 14.1. The van der Waals surface area contributed by atoms with Crippen LogP contribution in [0.25, 0.3) is 0 Å². The second-order valence-electron chi connectivity index (χ2n) is 22.4. The fraction of sp³-hybridized carbons (Fsp3) is 0.950. The van der Waals surface area contributed by atoms with Crippen molar-refractivity contribution in [3.8, 4) is 0 Å². The van der Waals surface area contributed by atoms with Crippen LogP contribution in [-0.4, -0.2) is 73.4 Å². The molecule has 0 aromatic heterocycles. The molecule has 412 valence electrons. The Morgan fingerprint density at radius 2 is 0.783 bits per heavy atom. The highest BCUT2D eigenvalue weighted by molar-refractivity contribution is 7.47. The summed E-state index contributed by atoms with van der Waals surface area (Å²) in [6.07, 6.45) is 64.2. The van der Waals surface area contributed by atoms with Gasteiger partial charge in [-0.25, -0.2) is 4.57 Å². The second kappa shape index (κ2) is 52.1. The van der Waals surface area contributed by atoms with E-state index in [0.717, 1.165) is 38.5 Å². The van der Waals surface area contributed by atoms with Crippen molar-refractivity contribution in [1.29, 1.82) is 0 Å². The maximum Gasteiger partial charge on any atom is 0.472 e. The van der Waals surface area contributed by atoms with E-state index in [1.54, 1.807) is 0 Å². The molecule has 0 aliphatic rings. The number of allylic oxidation sites excluding steroid dienone is 2. The normalized spacial score (nSPS) is 13.9. The molecule has 3 atom stereocenters. The average Bonchev–Trinajstić information content (AvgIpc) is 3.31. The summed E-state index contributed by atoms with van der Waals surface area (Å²) in [6.45, 7) is 4.93.